The lowest BCUT2D eigenvalue weighted by molar-refractivity contribution is 0.361. The van der Waals surface area contributed by atoms with Crippen LogP contribution in [0.4, 0.5) is 0 Å². The van der Waals surface area contributed by atoms with Crippen molar-refractivity contribution < 1.29 is 0 Å². The second-order valence-electron chi connectivity index (χ2n) is 4.26. The summed E-state index contributed by atoms with van der Waals surface area (Å²) in [5, 5.41) is 3.62. The molecule has 1 aromatic carbocycles. The van der Waals surface area contributed by atoms with E-state index in [2.05, 4.69) is 42.6 Å². The minimum atomic E-state index is 0.650. The van der Waals surface area contributed by atoms with Crippen LogP contribution >= 0.6 is 0 Å². The van der Waals surface area contributed by atoms with E-state index in [4.69, 9.17) is 0 Å². The summed E-state index contributed by atoms with van der Waals surface area (Å²) in [6, 6.07) is 11.5. The maximum atomic E-state index is 3.62. The Labute approximate surface area is 86.5 Å². The fourth-order valence-corrected chi connectivity index (χ4v) is 2.29. The molecule has 1 aliphatic heterocycles. The van der Waals surface area contributed by atoms with Crippen LogP contribution < -0.4 is 5.32 Å². The van der Waals surface area contributed by atoms with Gasteiger partial charge in [-0.1, -0.05) is 43.7 Å². The van der Waals surface area contributed by atoms with Gasteiger partial charge in [-0.05, 0) is 30.9 Å². The quantitative estimate of drug-likeness (QED) is 0.754. The Hall–Kier alpha value is -0.820. The minimum absolute atomic E-state index is 0.650. The third-order valence-electron chi connectivity index (χ3n) is 3.28. The highest BCUT2D eigenvalue weighted by Gasteiger charge is 2.20. The highest BCUT2D eigenvalue weighted by atomic mass is 14.9. The van der Waals surface area contributed by atoms with Crippen molar-refractivity contribution in [2.24, 2.45) is 0 Å². The third-order valence-corrected chi connectivity index (χ3v) is 3.28. The molecule has 1 N–H and O–H groups in total. The molecule has 14 heavy (non-hydrogen) atoms. The molecule has 1 nitrogen and oxygen atoms in total. The van der Waals surface area contributed by atoms with Crippen molar-refractivity contribution in [3.8, 4) is 0 Å². The summed E-state index contributed by atoms with van der Waals surface area (Å²) in [6.07, 6.45) is 4.06. The Morgan fingerprint density at radius 1 is 1.21 bits per heavy atom. The second kappa shape index (κ2) is 4.61. The lowest BCUT2D eigenvalue weighted by Crippen LogP contribution is -2.37. The first-order chi connectivity index (χ1) is 6.88. The molecule has 0 bridgehead atoms. The van der Waals surface area contributed by atoms with Crippen LogP contribution in [-0.2, 0) is 0 Å². The molecule has 2 rings (SSSR count). The van der Waals surface area contributed by atoms with Crippen molar-refractivity contribution in [1.29, 1.82) is 0 Å². The van der Waals surface area contributed by atoms with Crippen LogP contribution in [0.15, 0.2) is 30.3 Å². The Balaban J connectivity index is 2.03. The molecule has 0 aromatic heterocycles. The van der Waals surface area contributed by atoms with Crippen LogP contribution in [0.3, 0.4) is 0 Å². The lowest BCUT2D eigenvalue weighted by atomic mass is 9.88. The van der Waals surface area contributed by atoms with Gasteiger partial charge in [0.2, 0.25) is 0 Å². The molecule has 0 amide bonds. The molecule has 1 fully saturated rings. The van der Waals surface area contributed by atoms with Gasteiger partial charge >= 0.3 is 0 Å². The first-order valence-corrected chi connectivity index (χ1v) is 5.66. The number of benzene rings is 1. The first-order valence-electron chi connectivity index (χ1n) is 5.66. The van der Waals surface area contributed by atoms with E-state index in [1.165, 1.54) is 31.4 Å². The predicted octanol–water partition coefficient (Wildman–Crippen LogP) is 2.93. The van der Waals surface area contributed by atoms with Gasteiger partial charge in [-0.15, -0.1) is 0 Å². The normalized spacial score (nSPS) is 24.5. The molecule has 1 unspecified atom stereocenters. The number of hydrogen-bond acceptors (Lipinski definition) is 1. The van der Waals surface area contributed by atoms with Gasteiger partial charge in [0.1, 0.15) is 0 Å². The summed E-state index contributed by atoms with van der Waals surface area (Å²) in [4.78, 5) is 0. The largest absolute Gasteiger partial charge is 0.313 e. The molecular weight excluding hydrogens is 170 g/mol. The van der Waals surface area contributed by atoms with E-state index in [1.807, 2.05) is 0 Å². The van der Waals surface area contributed by atoms with Gasteiger partial charge < -0.3 is 5.32 Å². The Bertz CT molecular complexity index is 262. The smallest absolute Gasteiger partial charge is 0.0133 e. The number of rotatable bonds is 2. The van der Waals surface area contributed by atoms with Crippen molar-refractivity contribution >= 4 is 0 Å². The molecule has 1 aliphatic rings. The van der Waals surface area contributed by atoms with Crippen LogP contribution in [0, 0.1) is 0 Å². The fourth-order valence-electron chi connectivity index (χ4n) is 2.29. The molecule has 1 heteroatoms. The zero-order valence-electron chi connectivity index (χ0n) is 8.87. The van der Waals surface area contributed by atoms with Gasteiger partial charge in [0, 0.05) is 6.04 Å². The second-order valence-corrected chi connectivity index (χ2v) is 4.26. The van der Waals surface area contributed by atoms with E-state index in [1.54, 1.807) is 0 Å². The van der Waals surface area contributed by atoms with Gasteiger partial charge in [-0.2, -0.15) is 0 Å². The molecule has 1 heterocycles. The highest BCUT2D eigenvalue weighted by molar-refractivity contribution is 5.20. The Kier molecular flexibility index (Phi) is 3.20. The van der Waals surface area contributed by atoms with Crippen LogP contribution in [-0.4, -0.2) is 12.6 Å². The van der Waals surface area contributed by atoms with Crippen molar-refractivity contribution in [2.75, 3.05) is 6.54 Å². The molecule has 1 saturated heterocycles. The first kappa shape index (κ1) is 9.72. The van der Waals surface area contributed by atoms with E-state index >= 15 is 0 Å². The average molecular weight is 189 g/mol. The van der Waals surface area contributed by atoms with E-state index in [0.29, 0.717) is 12.0 Å². The number of nitrogens with one attached hydrogen (secondary N) is 1. The van der Waals surface area contributed by atoms with Crippen LogP contribution in [0.1, 0.15) is 37.7 Å². The zero-order chi connectivity index (χ0) is 9.80. The maximum absolute atomic E-state index is 3.62. The van der Waals surface area contributed by atoms with Gasteiger partial charge in [0.25, 0.3) is 0 Å². The van der Waals surface area contributed by atoms with E-state index < -0.39 is 0 Å². The van der Waals surface area contributed by atoms with Crippen molar-refractivity contribution in [3.05, 3.63) is 35.9 Å². The van der Waals surface area contributed by atoms with Gasteiger partial charge in [0.05, 0.1) is 0 Å². The fraction of sp³-hybridized carbons (Fsp3) is 0.538. The molecule has 0 spiro atoms. The van der Waals surface area contributed by atoms with Crippen LogP contribution in [0.25, 0.3) is 0 Å². The Morgan fingerprint density at radius 3 is 2.64 bits per heavy atom. The molecule has 76 valence electrons. The third kappa shape index (κ3) is 2.16. The van der Waals surface area contributed by atoms with Crippen LogP contribution in [0.5, 0.6) is 0 Å². The topological polar surface area (TPSA) is 12.0 Å². The van der Waals surface area contributed by atoms with Crippen molar-refractivity contribution in [1.82, 2.24) is 5.32 Å². The van der Waals surface area contributed by atoms with Gasteiger partial charge in [0.15, 0.2) is 0 Å². The standard InChI is InChI=1S/C13H19N/c1-11(12-7-3-2-4-8-12)13-9-5-6-10-14-13/h2-4,7-8,11,13-14H,5-6,9-10H2,1H3/t11-,13?/m0/s1. The maximum Gasteiger partial charge on any atom is 0.0133 e. The summed E-state index contributed by atoms with van der Waals surface area (Å²) < 4.78 is 0. The van der Waals surface area contributed by atoms with Gasteiger partial charge in [-0.25, -0.2) is 0 Å². The van der Waals surface area contributed by atoms with E-state index in [-0.39, 0.29) is 0 Å². The zero-order valence-corrected chi connectivity index (χ0v) is 8.87. The molecule has 1 aromatic rings. The molecule has 0 saturated carbocycles. The summed E-state index contributed by atoms with van der Waals surface area (Å²) in [5.41, 5.74) is 1.46. The number of piperidine rings is 1. The van der Waals surface area contributed by atoms with Crippen LogP contribution in [0.2, 0.25) is 0 Å². The van der Waals surface area contributed by atoms with E-state index in [0.717, 1.165) is 0 Å². The highest BCUT2D eigenvalue weighted by Crippen LogP contribution is 2.24. The number of hydrogen-bond donors (Lipinski definition) is 1. The lowest BCUT2D eigenvalue weighted by Gasteiger charge is -2.29. The SMILES string of the molecule is C[C@@H](c1ccccc1)C1CCCCN1. The van der Waals surface area contributed by atoms with E-state index in [9.17, 15) is 0 Å². The summed E-state index contributed by atoms with van der Waals surface area (Å²) in [7, 11) is 0. The summed E-state index contributed by atoms with van der Waals surface area (Å²) in [5.74, 6) is 0.650. The molecule has 2 atom stereocenters. The average Bonchev–Trinajstić information content (AvgIpc) is 2.30. The molecular formula is C13H19N. The predicted molar refractivity (Wildman–Crippen MR) is 60.5 cm³/mol. The molecule has 0 radical (unpaired) electrons. The monoisotopic (exact) mass is 189 g/mol. The Morgan fingerprint density at radius 2 is 2.00 bits per heavy atom. The molecule has 0 aliphatic carbocycles. The van der Waals surface area contributed by atoms with Gasteiger partial charge in [-0.3, -0.25) is 0 Å². The van der Waals surface area contributed by atoms with Crippen molar-refractivity contribution in [2.45, 2.75) is 38.1 Å². The summed E-state index contributed by atoms with van der Waals surface area (Å²) >= 11 is 0. The minimum Gasteiger partial charge on any atom is -0.313 e. The summed E-state index contributed by atoms with van der Waals surface area (Å²) in [6.45, 7) is 3.53. The van der Waals surface area contributed by atoms with Crippen molar-refractivity contribution in [3.63, 3.8) is 0 Å².